The molecule has 0 aliphatic heterocycles. The first kappa shape index (κ1) is 7.58. The summed E-state index contributed by atoms with van der Waals surface area (Å²) in [6.45, 7) is 0. The standard InChI is InChI=1S/C7H5BNO2S/c10-8-11-5-1-2-6-7(3-5)12-4-9-6/h1-4,10H. The van der Waals surface area contributed by atoms with E-state index in [1.54, 1.807) is 22.9 Å². The average molecular weight is 178 g/mol. The third-order valence-electron chi connectivity index (χ3n) is 1.49. The van der Waals surface area contributed by atoms with Crippen molar-refractivity contribution >= 4 is 29.2 Å². The van der Waals surface area contributed by atoms with Gasteiger partial charge in [-0.25, -0.2) is 4.98 Å². The Balaban J connectivity index is 2.46. The lowest BCUT2D eigenvalue weighted by Crippen LogP contribution is -1.98. The highest BCUT2D eigenvalue weighted by Gasteiger charge is 1.98. The van der Waals surface area contributed by atoms with E-state index < -0.39 is 0 Å². The van der Waals surface area contributed by atoms with Crippen molar-refractivity contribution in [2.75, 3.05) is 0 Å². The van der Waals surface area contributed by atoms with Crippen LogP contribution in [0.4, 0.5) is 0 Å². The van der Waals surface area contributed by atoms with Crippen molar-refractivity contribution in [3.63, 3.8) is 0 Å². The second-order valence-corrected chi connectivity index (χ2v) is 3.09. The van der Waals surface area contributed by atoms with Gasteiger partial charge < -0.3 is 9.68 Å². The molecule has 0 saturated carbocycles. The Bertz CT molecular complexity index is 390. The van der Waals surface area contributed by atoms with E-state index in [-0.39, 0.29) is 0 Å². The molecule has 1 aromatic carbocycles. The van der Waals surface area contributed by atoms with Gasteiger partial charge in [0.15, 0.2) is 0 Å². The Morgan fingerprint density at radius 1 is 1.50 bits per heavy atom. The second kappa shape index (κ2) is 3.12. The molecule has 0 fully saturated rings. The molecule has 0 spiro atoms. The summed E-state index contributed by atoms with van der Waals surface area (Å²) < 4.78 is 5.84. The molecule has 0 unspecified atom stereocenters. The van der Waals surface area contributed by atoms with Crippen LogP contribution in [0.2, 0.25) is 0 Å². The smallest absolute Gasteiger partial charge is 0.537 e. The molecular weight excluding hydrogens is 173 g/mol. The molecular formula is C7H5BNO2S. The first-order valence-electron chi connectivity index (χ1n) is 3.36. The van der Waals surface area contributed by atoms with Crippen LogP contribution in [-0.4, -0.2) is 17.7 Å². The number of benzene rings is 1. The molecule has 12 heavy (non-hydrogen) atoms. The lowest BCUT2D eigenvalue weighted by Gasteiger charge is -1.99. The highest BCUT2D eigenvalue weighted by atomic mass is 32.1. The summed E-state index contributed by atoms with van der Waals surface area (Å²) in [6.07, 6.45) is 0. The van der Waals surface area contributed by atoms with Gasteiger partial charge >= 0.3 is 7.69 Å². The van der Waals surface area contributed by atoms with Gasteiger partial charge in [0.2, 0.25) is 0 Å². The van der Waals surface area contributed by atoms with E-state index in [2.05, 4.69) is 4.98 Å². The van der Waals surface area contributed by atoms with Gasteiger partial charge in [0.05, 0.1) is 15.7 Å². The van der Waals surface area contributed by atoms with Gasteiger partial charge in [0, 0.05) is 0 Å². The fourth-order valence-corrected chi connectivity index (χ4v) is 1.68. The molecule has 0 saturated heterocycles. The first-order valence-corrected chi connectivity index (χ1v) is 4.24. The van der Waals surface area contributed by atoms with E-state index in [0.29, 0.717) is 13.4 Å². The largest absolute Gasteiger partial charge is 0.569 e. The molecule has 5 heteroatoms. The minimum Gasteiger partial charge on any atom is -0.537 e. The fraction of sp³-hybridized carbons (Fsp3) is 0. The minimum atomic E-state index is 0.620. The van der Waals surface area contributed by atoms with E-state index in [1.807, 2.05) is 12.1 Å². The molecule has 59 valence electrons. The van der Waals surface area contributed by atoms with E-state index in [1.165, 1.54) is 0 Å². The molecule has 3 nitrogen and oxygen atoms in total. The molecule has 1 N–H and O–H groups in total. The first-order chi connectivity index (χ1) is 5.90. The Morgan fingerprint density at radius 3 is 3.25 bits per heavy atom. The van der Waals surface area contributed by atoms with Crippen molar-refractivity contribution < 1.29 is 9.68 Å². The number of aromatic nitrogens is 1. The van der Waals surface area contributed by atoms with Crippen LogP contribution in [0, 0.1) is 0 Å². The summed E-state index contributed by atoms with van der Waals surface area (Å²) in [5, 5.41) is 8.38. The highest BCUT2D eigenvalue weighted by Crippen LogP contribution is 2.22. The number of fused-ring (bicyclic) bond motifs is 1. The van der Waals surface area contributed by atoms with Gasteiger partial charge in [0.25, 0.3) is 0 Å². The lowest BCUT2D eigenvalue weighted by atomic mass is 10.3. The molecule has 2 aromatic rings. The van der Waals surface area contributed by atoms with Crippen LogP contribution in [0.5, 0.6) is 5.75 Å². The number of thiazole rings is 1. The van der Waals surface area contributed by atoms with E-state index in [0.717, 1.165) is 10.2 Å². The Kier molecular flexibility index (Phi) is 1.97. The second-order valence-electron chi connectivity index (χ2n) is 2.21. The maximum absolute atomic E-state index is 8.38. The van der Waals surface area contributed by atoms with Gasteiger partial charge in [-0.2, -0.15) is 0 Å². The quantitative estimate of drug-likeness (QED) is 0.702. The minimum absolute atomic E-state index is 0.620. The summed E-state index contributed by atoms with van der Waals surface area (Å²) in [4.78, 5) is 4.11. The summed E-state index contributed by atoms with van der Waals surface area (Å²) in [7, 11) is 0.669. The molecule has 1 aromatic heterocycles. The average Bonchev–Trinajstić information content (AvgIpc) is 2.51. The Morgan fingerprint density at radius 2 is 2.42 bits per heavy atom. The maximum Gasteiger partial charge on any atom is 0.569 e. The zero-order valence-corrected chi connectivity index (χ0v) is 6.91. The van der Waals surface area contributed by atoms with E-state index in [9.17, 15) is 0 Å². The normalized spacial score (nSPS) is 10.1. The van der Waals surface area contributed by atoms with Gasteiger partial charge in [0.1, 0.15) is 5.75 Å². The van der Waals surface area contributed by atoms with Crippen LogP contribution in [0.1, 0.15) is 0 Å². The third kappa shape index (κ3) is 1.28. The zero-order valence-electron chi connectivity index (χ0n) is 6.10. The van der Waals surface area contributed by atoms with Crippen LogP contribution in [0.25, 0.3) is 10.2 Å². The molecule has 2 rings (SSSR count). The van der Waals surface area contributed by atoms with Crippen molar-refractivity contribution in [2.24, 2.45) is 0 Å². The molecule has 1 heterocycles. The fourth-order valence-electron chi connectivity index (χ4n) is 0.970. The van der Waals surface area contributed by atoms with Crippen LogP contribution in [0.15, 0.2) is 23.7 Å². The summed E-state index contributed by atoms with van der Waals surface area (Å²) in [6, 6.07) is 5.44. The number of nitrogens with zero attached hydrogens (tertiary/aromatic N) is 1. The topological polar surface area (TPSA) is 42.4 Å². The van der Waals surface area contributed by atoms with Gasteiger partial charge in [-0.15, -0.1) is 11.3 Å². The lowest BCUT2D eigenvalue weighted by molar-refractivity contribution is 0.454. The maximum atomic E-state index is 8.38. The van der Waals surface area contributed by atoms with Crippen LogP contribution in [0.3, 0.4) is 0 Å². The van der Waals surface area contributed by atoms with Crippen LogP contribution < -0.4 is 4.65 Å². The van der Waals surface area contributed by atoms with Gasteiger partial charge in [-0.3, -0.25) is 0 Å². The van der Waals surface area contributed by atoms with Crippen molar-refractivity contribution in [1.82, 2.24) is 4.98 Å². The molecule has 0 aliphatic rings. The summed E-state index contributed by atoms with van der Waals surface area (Å²) >= 11 is 1.54. The van der Waals surface area contributed by atoms with Crippen molar-refractivity contribution in [3.05, 3.63) is 23.7 Å². The zero-order chi connectivity index (χ0) is 8.39. The predicted octanol–water partition coefficient (Wildman–Crippen LogP) is 1.20. The van der Waals surface area contributed by atoms with Gasteiger partial charge in [-0.1, -0.05) is 0 Å². The Hall–Kier alpha value is -1.07. The third-order valence-corrected chi connectivity index (χ3v) is 2.28. The molecule has 1 radical (unpaired) electrons. The summed E-state index contributed by atoms with van der Waals surface area (Å²) in [5.74, 6) is 0.620. The number of hydrogen-bond donors (Lipinski definition) is 1. The van der Waals surface area contributed by atoms with Crippen molar-refractivity contribution in [2.45, 2.75) is 0 Å². The Labute approximate surface area is 73.9 Å². The molecule has 0 aliphatic carbocycles. The van der Waals surface area contributed by atoms with Crippen LogP contribution in [-0.2, 0) is 0 Å². The number of hydrogen-bond acceptors (Lipinski definition) is 4. The van der Waals surface area contributed by atoms with Gasteiger partial charge in [-0.05, 0) is 18.2 Å². The molecule has 0 bridgehead atoms. The number of rotatable bonds is 2. The predicted molar refractivity (Wildman–Crippen MR) is 48.2 cm³/mol. The molecule has 0 atom stereocenters. The van der Waals surface area contributed by atoms with E-state index in [4.69, 9.17) is 9.68 Å². The van der Waals surface area contributed by atoms with Crippen molar-refractivity contribution in [3.8, 4) is 5.75 Å². The monoisotopic (exact) mass is 178 g/mol. The summed E-state index contributed by atoms with van der Waals surface area (Å²) in [5.41, 5.74) is 2.72. The SMILES string of the molecule is O[B]Oc1ccc2ncsc2c1. The van der Waals surface area contributed by atoms with E-state index >= 15 is 0 Å². The highest BCUT2D eigenvalue weighted by molar-refractivity contribution is 7.16. The molecule has 0 amide bonds. The van der Waals surface area contributed by atoms with Crippen LogP contribution >= 0.6 is 11.3 Å². The van der Waals surface area contributed by atoms with Crippen molar-refractivity contribution in [1.29, 1.82) is 0 Å².